The number of hydrogen-bond donors (Lipinski definition) is 2. The number of amides is 2. The van der Waals surface area contributed by atoms with Gasteiger partial charge in [-0.05, 0) is 68.6 Å². The molecule has 1 saturated carbocycles. The molecule has 0 aromatic carbocycles. The van der Waals surface area contributed by atoms with E-state index in [4.69, 9.17) is 4.74 Å². The van der Waals surface area contributed by atoms with Gasteiger partial charge in [0.1, 0.15) is 0 Å². The number of allylic oxidation sites excluding steroid dienone is 4. The molecule has 1 fully saturated rings. The molecule has 1 aromatic rings. The molecule has 0 unspecified atom stereocenters. The Kier molecular flexibility index (Phi) is 5.73. The smallest absolute Gasteiger partial charge is 0.333 e. The highest BCUT2D eigenvalue weighted by molar-refractivity contribution is 7.90. The van der Waals surface area contributed by atoms with Crippen molar-refractivity contribution < 1.29 is 17.9 Å². The average Bonchev–Trinajstić information content (AvgIpc) is 3.44. The summed E-state index contributed by atoms with van der Waals surface area (Å²) in [5.41, 5.74) is 4.48. The summed E-state index contributed by atoms with van der Waals surface area (Å²) in [4.78, 5) is 12.7. The summed E-state index contributed by atoms with van der Waals surface area (Å²) < 4.78 is 35.2. The summed E-state index contributed by atoms with van der Waals surface area (Å²) in [6.07, 6.45) is 9.39. The molecule has 0 radical (unpaired) electrons. The van der Waals surface area contributed by atoms with Crippen molar-refractivity contribution in [3.05, 3.63) is 40.8 Å². The van der Waals surface area contributed by atoms with Gasteiger partial charge in [-0.25, -0.2) is 22.6 Å². The molecule has 30 heavy (non-hydrogen) atoms. The number of hydrogen-bond acceptors (Lipinski definition) is 5. The average molecular weight is 433 g/mol. The monoisotopic (exact) mass is 432 g/mol. The van der Waals surface area contributed by atoms with E-state index in [0.717, 1.165) is 68.2 Å². The number of nitrogens with one attached hydrogen (secondary N) is 2. The van der Waals surface area contributed by atoms with Crippen LogP contribution in [0.4, 0.5) is 4.79 Å². The quantitative estimate of drug-likeness (QED) is 0.742. The molecule has 0 spiro atoms. The van der Waals surface area contributed by atoms with Gasteiger partial charge in [-0.2, -0.15) is 5.10 Å². The van der Waals surface area contributed by atoms with Crippen LogP contribution in [-0.4, -0.2) is 30.8 Å². The fourth-order valence-electron chi connectivity index (χ4n) is 4.55. The highest BCUT2D eigenvalue weighted by atomic mass is 32.2. The van der Waals surface area contributed by atoms with E-state index in [-0.39, 0.29) is 10.8 Å². The molecule has 1 aromatic heterocycles. The molecule has 2 N–H and O–H groups in total. The number of carbonyl (C=O) groups is 1. The van der Waals surface area contributed by atoms with Crippen molar-refractivity contribution in [2.24, 2.45) is 0 Å². The summed E-state index contributed by atoms with van der Waals surface area (Å²) in [5.74, 6) is 0.195. The lowest BCUT2D eigenvalue weighted by Crippen LogP contribution is -2.40. The zero-order valence-electron chi connectivity index (χ0n) is 17.3. The molecule has 2 aliphatic carbocycles. The molecule has 9 heteroatoms. The number of ether oxygens (including phenoxy) is 1. The Morgan fingerprint density at radius 3 is 2.67 bits per heavy atom. The zero-order valence-corrected chi connectivity index (χ0v) is 18.1. The fourth-order valence-corrected chi connectivity index (χ4v) is 5.77. The maximum Gasteiger partial charge on any atom is 0.333 e. The van der Waals surface area contributed by atoms with Crippen LogP contribution in [-0.2, 0) is 16.6 Å². The molecular formula is C21H28N4O4S. The lowest BCUT2D eigenvalue weighted by atomic mass is 10.0. The van der Waals surface area contributed by atoms with Gasteiger partial charge in [0.15, 0.2) is 4.90 Å². The molecule has 2 amide bonds. The Morgan fingerprint density at radius 2 is 1.93 bits per heavy atom. The maximum atomic E-state index is 13.0. The summed E-state index contributed by atoms with van der Waals surface area (Å²) in [6, 6.07) is -0.762. The molecule has 162 valence electrons. The van der Waals surface area contributed by atoms with E-state index in [1.165, 1.54) is 10.3 Å². The second-order valence-corrected chi connectivity index (χ2v) is 9.57. The van der Waals surface area contributed by atoms with Crippen LogP contribution in [0.3, 0.4) is 0 Å². The molecule has 8 nitrogen and oxygen atoms in total. The van der Waals surface area contributed by atoms with E-state index in [1.54, 1.807) is 6.92 Å². The van der Waals surface area contributed by atoms with Crippen LogP contribution in [0, 0.1) is 6.92 Å². The first-order valence-electron chi connectivity index (χ1n) is 10.5. The topological polar surface area (TPSA) is 102 Å². The minimum atomic E-state index is -4.13. The van der Waals surface area contributed by atoms with Crippen molar-refractivity contribution in [1.29, 1.82) is 0 Å². The van der Waals surface area contributed by atoms with Crippen LogP contribution in [0.2, 0.25) is 0 Å². The Hall–Kier alpha value is -2.55. The summed E-state index contributed by atoms with van der Waals surface area (Å²) in [7, 11) is -4.13. The third-order valence-electron chi connectivity index (χ3n) is 5.88. The molecule has 0 atom stereocenters. The number of rotatable bonds is 5. The van der Waals surface area contributed by atoms with Gasteiger partial charge < -0.3 is 10.1 Å². The number of sulfonamides is 1. The van der Waals surface area contributed by atoms with Gasteiger partial charge in [-0.3, -0.25) is 0 Å². The second kappa shape index (κ2) is 8.29. The lowest BCUT2D eigenvalue weighted by molar-refractivity contribution is 0.224. The molecule has 3 aliphatic rings. The zero-order chi connectivity index (χ0) is 21.3. The Morgan fingerprint density at radius 1 is 1.17 bits per heavy atom. The number of carbonyl (C=O) groups excluding carboxylic acids is 1. The first-order chi connectivity index (χ1) is 14.4. The second-order valence-electron chi connectivity index (χ2n) is 7.95. The summed E-state index contributed by atoms with van der Waals surface area (Å²) >= 11 is 0. The van der Waals surface area contributed by atoms with Crippen molar-refractivity contribution in [1.82, 2.24) is 19.8 Å². The number of urea groups is 1. The standard InChI is InChI=1S/C21H28N4O4S/c1-3-15-10-6-11-17(15)18(16-8-4-5-9-16)22-21(26)24-30(27,28)19-14(2)23-25-12-7-13-29-20(19)25/h3H,1,4-13H2,2H3,(H2,22,24,26). The van der Waals surface area contributed by atoms with Gasteiger partial charge in [0, 0.05) is 18.7 Å². The Bertz CT molecular complexity index is 1040. The third-order valence-corrected chi connectivity index (χ3v) is 7.35. The van der Waals surface area contributed by atoms with Gasteiger partial charge in [0.2, 0.25) is 5.88 Å². The molecule has 0 saturated heterocycles. The summed E-state index contributed by atoms with van der Waals surface area (Å²) in [6.45, 7) is 6.52. The Balaban J connectivity index is 1.59. The lowest BCUT2D eigenvalue weighted by Gasteiger charge is -2.18. The first-order valence-corrected chi connectivity index (χ1v) is 12.0. The van der Waals surface area contributed by atoms with Gasteiger partial charge in [0.05, 0.1) is 12.3 Å². The van der Waals surface area contributed by atoms with Crippen LogP contribution < -0.4 is 14.8 Å². The minimum absolute atomic E-state index is 0.0701. The van der Waals surface area contributed by atoms with E-state index in [9.17, 15) is 13.2 Å². The normalized spacial score (nSPS) is 18.8. The van der Waals surface area contributed by atoms with Crippen molar-refractivity contribution in [2.45, 2.75) is 69.7 Å². The van der Waals surface area contributed by atoms with E-state index in [2.05, 4.69) is 21.7 Å². The van der Waals surface area contributed by atoms with Crippen molar-refractivity contribution in [3.8, 4) is 5.88 Å². The highest BCUT2D eigenvalue weighted by Crippen LogP contribution is 2.36. The third kappa shape index (κ3) is 3.90. The van der Waals surface area contributed by atoms with Gasteiger partial charge >= 0.3 is 6.03 Å². The number of nitrogens with zero attached hydrogens (tertiary/aromatic N) is 2. The van der Waals surface area contributed by atoms with Crippen LogP contribution in [0.5, 0.6) is 5.88 Å². The summed E-state index contributed by atoms with van der Waals surface area (Å²) in [5, 5.41) is 7.11. The number of fused-ring (bicyclic) bond motifs is 1. The predicted octanol–water partition coefficient (Wildman–Crippen LogP) is 3.46. The molecule has 4 rings (SSSR count). The van der Waals surface area contributed by atoms with Crippen LogP contribution in [0.1, 0.15) is 57.1 Å². The van der Waals surface area contributed by atoms with E-state index in [1.807, 2.05) is 6.08 Å². The van der Waals surface area contributed by atoms with E-state index >= 15 is 0 Å². The van der Waals surface area contributed by atoms with E-state index in [0.29, 0.717) is 18.8 Å². The van der Waals surface area contributed by atoms with Gasteiger partial charge in [-0.1, -0.05) is 12.7 Å². The SMILES string of the molecule is C=CC1=C(C(NC(=O)NS(=O)(=O)c2c(C)nn3c2OCCC3)=C2CCCC2)CCC1. The predicted molar refractivity (Wildman–Crippen MR) is 112 cm³/mol. The van der Waals surface area contributed by atoms with E-state index < -0.39 is 16.1 Å². The van der Waals surface area contributed by atoms with Crippen LogP contribution in [0.25, 0.3) is 0 Å². The molecule has 0 bridgehead atoms. The molecule has 2 heterocycles. The highest BCUT2D eigenvalue weighted by Gasteiger charge is 2.32. The minimum Gasteiger partial charge on any atom is -0.477 e. The largest absolute Gasteiger partial charge is 0.477 e. The van der Waals surface area contributed by atoms with Gasteiger partial charge in [-0.15, -0.1) is 0 Å². The van der Waals surface area contributed by atoms with Gasteiger partial charge in [0.25, 0.3) is 10.0 Å². The first kappa shape index (κ1) is 20.7. The van der Waals surface area contributed by atoms with Crippen LogP contribution >= 0.6 is 0 Å². The van der Waals surface area contributed by atoms with Crippen LogP contribution in [0.15, 0.2) is 40.0 Å². The number of aryl methyl sites for hydroxylation is 2. The van der Waals surface area contributed by atoms with Crippen molar-refractivity contribution in [3.63, 3.8) is 0 Å². The molecular weight excluding hydrogens is 404 g/mol. The fraction of sp³-hybridized carbons (Fsp3) is 0.524. The van der Waals surface area contributed by atoms with Crippen molar-refractivity contribution >= 4 is 16.1 Å². The van der Waals surface area contributed by atoms with Crippen molar-refractivity contribution in [2.75, 3.05) is 6.61 Å². The Labute approximate surface area is 177 Å². The molecule has 1 aliphatic heterocycles. The maximum absolute atomic E-state index is 13.0. The number of aromatic nitrogens is 2.